The van der Waals surface area contributed by atoms with Crippen molar-refractivity contribution in [1.29, 1.82) is 0 Å². The third-order valence-corrected chi connectivity index (χ3v) is 4.51. The molecule has 150 valence electrons. The first-order valence-corrected chi connectivity index (χ1v) is 9.50. The highest BCUT2D eigenvalue weighted by Gasteiger charge is 2.06. The molecule has 0 atom stereocenters. The second-order valence-corrected chi connectivity index (χ2v) is 6.67. The predicted octanol–water partition coefficient (Wildman–Crippen LogP) is 5.06. The second kappa shape index (κ2) is 10.4. The van der Waals surface area contributed by atoms with Crippen LogP contribution in [-0.2, 0) is 13.2 Å². The van der Waals surface area contributed by atoms with E-state index in [1.54, 1.807) is 20.4 Å². The molecule has 0 saturated carbocycles. The summed E-state index contributed by atoms with van der Waals surface area (Å²) in [5.74, 6) is 2.15. The summed E-state index contributed by atoms with van der Waals surface area (Å²) in [6.45, 7) is 1.00. The summed E-state index contributed by atoms with van der Waals surface area (Å²) in [5.41, 5.74) is 6.00. The standard InChI is InChI=1S/C23H23ClN2O3/c1-27-21-6-4-3-5-19(21)15-26-25-14-18-9-12-22(23(13-18)28-2)29-16-17-7-10-20(24)11-8-17/h3-14,26H,15-16H2,1-2H3/b25-14-. The van der Waals surface area contributed by atoms with Gasteiger partial charge in [0.25, 0.3) is 0 Å². The molecule has 0 saturated heterocycles. The molecule has 0 amide bonds. The summed E-state index contributed by atoms with van der Waals surface area (Å²) >= 11 is 5.91. The highest BCUT2D eigenvalue weighted by molar-refractivity contribution is 6.30. The maximum atomic E-state index is 5.91. The Morgan fingerprint density at radius 3 is 2.41 bits per heavy atom. The van der Waals surface area contributed by atoms with Crippen LogP contribution >= 0.6 is 11.6 Å². The van der Waals surface area contributed by atoms with E-state index in [4.69, 9.17) is 25.8 Å². The minimum atomic E-state index is 0.432. The fourth-order valence-electron chi connectivity index (χ4n) is 2.73. The lowest BCUT2D eigenvalue weighted by Gasteiger charge is -2.11. The van der Waals surface area contributed by atoms with Crippen LogP contribution in [0.5, 0.6) is 17.2 Å². The van der Waals surface area contributed by atoms with Crippen LogP contribution in [0, 0.1) is 0 Å². The predicted molar refractivity (Wildman–Crippen MR) is 116 cm³/mol. The van der Waals surface area contributed by atoms with E-state index in [9.17, 15) is 0 Å². The van der Waals surface area contributed by atoms with E-state index in [0.717, 1.165) is 22.4 Å². The van der Waals surface area contributed by atoms with Gasteiger partial charge in [-0.2, -0.15) is 5.10 Å². The molecular formula is C23H23ClN2O3. The first-order chi connectivity index (χ1) is 14.2. The minimum absolute atomic E-state index is 0.432. The van der Waals surface area contributed by atoms with E-state index >= 15 is 0 Å². The number of ether oxygens (including phenoxy) is 3. The molecule has 0 radical (unpaired) electrons. The Labute approximate surface area is 175 Å². The highest BCUT2D eigenvalue weighted by Crippen LogP contribution is 2.28. The van der Waals surface area contributed by atoms with Gasteiger partial charge in [0, 0.05) is 10.6 Å². The van der Waals surface area contributed by atoms with Crippen molar-refractivity contribution in [3.8, 4) is 17.2 Å². The maximum Gasteiger partial charge on any atom is 0.161 e. The number of para-hydroxylation sites is 1. The van der Waals surface area contributed by atoms with Gasteiger partial charge in [0.05, 0.1) is 27.0 Å². The van der Waals surface area contributed by atoms with Gasteiger partial charge in [-0.15, -0.1) is 0 Å². The molecule has 3 aromatic carbocycles. The first kappa shape index (κ1) is 20.6. The van der Waals surface area contributed by atoms with E-state index in [1.807, 2.05) is 66.7 Å². The van der Waals surface area contributed by atoms with E-state index in [0.29, 0.717) is 29.7 Å². The Balaban J connectivity index is 1.59. The normalized spacial score (nSPS) is 10.7. The minimum Gasteiger partial charge on any atom is -0.496 e. The summed E-state index contributed by atoms with van der Waals surface area (Å²) in [7, 11) is 3.27. The number of nitrogens with zero attached hydrogens (tertiary/aromatic N) is 1. The molecule has 0 bridgehead atoms. The van der Waals surface area contributed by atoms with Gasteiger partial charge in [-0.25, -0.2) is 0 Å². The lowest BCUT2D eigenvalue weighted by Crippen LogP contribution is -2.07. The second-order valence-electron chi connectivity index (χ2n) is 6.23. The monoisotopic (exact) mass is 410 g/mol. The van der Waals surface area contributed by atoms with Crippen LogP contribution in [0.4, 0.5) is 0 Å². The topological polar surface area (TPSA) is 52.1 Å². The van der Waals surface area contributed by atoms with Gasteiger partial charge in [-0.05, 0) is 47.5 Å². The van der Waals surface area contributed by atoms with Crippen LogP contribution < -0.4 is 19.6 Å². The van der Waals surface area contributed by atoms with Crippen LogP contribution in [0.25, 0.3) is 0 Å². The van der Waals surface area contributed by atoms with Crippen molar-refractivity contribution in [2.75, 3.05) is 14.2 Å². The summed E-state index contributed by atoms with van der Waals surface area (Å²) in [6.07, 6.45) is 1.74. The Hall–Kier alpha value is -3.18. The van der Waals surface area contributed by atoms with Crippen molar-refractivity contribution < 1.29 is 14.2 Å². The van der Waals surface area contributed by atoms with Gasteiger partial charge >= 0.3 is 0 Å². The molecule has 0 spiro atoms. The zero-order valence-electron chi connectivity index (χ0n) is 16.4. The number of hydrogen-bond donors (Lipinski definition) is 1. The average molecular weight is 411 g/mol. The largest absolute Gasteiger partial charge is 0.496 e. The van der Waals surface area contributed by atoms with Gasteiger partial charge in [-0.3, -0.25) is 0 Å². The summed E-state index contributed by atoms with van der Waals surface area (Å²) in [5, 5.41) is 4.98. The van der Waals surface area contributed by atoms with Crippen molar-refractivity contribution in [3.63, 3.8) is 0 Å². The Bertz CT molecular complexity index is 959. The molecule has 0 heterocycles. The maximum absolute atomic E-state index is 5.91. The highest BCUT2D eigenvalue weighted by atomic mass is 35.5. The number of benzene rings is 3. The summed E-state index contributed by atoms with van der Waals surface area (Å²) < 4.78 is 16.7. The van der Waals surface area contributed by atoms with Gasteiger partial charge in [0.2, 0.25) is 0 Å². The number of hydrazone groups is 1. The zero-order chi connectivity index (χ0) is 20.5. The third-order valence-electron chi connectivity index (χ3n) is 4.26. The quantitative estimate of drug-likeness (QED) is 0.395. The molecule has 3 rings (SSSR count). The van der Waals surface area contributed by atoms with Crippen LogP contribution in [0.2, 0.25) is 5.02 Å². The Morgan fingerprint density at radius 2 is 1.66 bits per heavy atom. The van der Waals surface area contributed by atoms with Crippen LogP contribution in [-0.4, -0.2) is 20.4 Å². The lowest BCUT2D eigenvalue weighted by atomic mass is 10.2. The molecular weight excluding hydrogens is 388 g/mol. The van der Waals surface area contributed by atoms with E-state index < -0.39 is 0 Å². The van der Waals surface area contributed by atoms with Crippen molar-refractivity contribution in [2.45, 2.75) is 13.2 Å². The Morgan fingerprint density at radius 1 is 0.897 bits per heavy atom. The SMILES string of the molecule is COc1ccccc1CN/N=C\c1ccc(OCc2ccc(Cl)cc2)c(OC)c1. The van der Waals surface area contributed by atoms with E-state index in [1.165, 1.54) is 0 Å². The van der Waals surface area contributed by atoms with Crippen molar-refractivity contribution >= 4 is 17.8 Å². The van der Waals surface area contributed by atoms with E-state index in [2.05, 4.69) is 10.5 Å². The van der Waals surface area contributed by atoms with Crippen molar-refractivity contribution in [1.82, 2.24) is 5.43 Å². The number of halogens is 1. The zero-order valence-corrected chi connectivity index (χ0v) is 17.1. The van der Waals surface area contributed by atoms with Crippen LogP contribution in [0.15, 0.2) is 71.8 Å². The molecule has 0 unspecified atom stereocenters. The molecule has 0 aliphatic rings. The molecule has 0 fully saturated rings. The fourth-order valence-corrected chi connectivity index (χ4v) is 2.85. The van der Waals surface area contributed by atoms with Crippen LogP contribution in [0.1, 0.15) is 16.7 Å². The molecule has 0 aliphatic carbocycles. The summed E-state index contributed by atoms with van der Waals surface area (Å²) in [6, 6.07) is 21.1. The van der Waals surface area contributed by atoms with Gasteiger partial charge < -0.3 is 19.6 Å². The molecule has 5 nitrogen and oxygen atoms in total. The average Bonchev–Trinajstić information content (AvgIpc) is 2.77. The molecule has 3 aromatic rings. The number of methoxy groups -OCH3 is 2. The van der Waals surface area contributed by atoms with Crippen molar-refractivity contribution in [2.24, 2.45) is 5.10 Å². The Kier molecular flexibility index (Phi) is 7.36. The lowest BCUT2D eigenvalue weighted by molar-refractivity contribution is 0.284. The fraction of sp³-hybridized carbons (Fsp3) is 0.174. The van der Waals surface area contributed by atoms with Gasteiger partial charge in [0.15, 0.2) is 11.5 Å². The number of hydrogen-bond acceptors (Lipinski definition) is 5. The molecule has 6 heteroatoms. The van der Waals surface area contributed by atoms with Gasteiger partial charge in [-0.1, -0.05) is 41.9 Å². The number of rotatable bonds is 9. The molecule has 0 aromatic heterocycles. The third kappa shape index (κ3) is 5.90. The van der Waals surface area contributed by atoms with Crippen molar-refractivity contribution in [3.05, 3.63) is 88.4 Å². The van der Waals surface area contributed by atoms with Gasteiger partial charge in [0.1, 0.15) is 12.4 Å². The molecule has 0 aliphatic heterocycles. The first-order valence-electron chi connectivity index (χ1n) is 9.12. The van der Waals surface area contributed by atoms with E-state index in [-0.39, 0.29) is 0 Å². The molecule has 29 heavy (non-hydrogen) atoms. The van der Waals surface area contributed by atoms with Crippen LogP contribution in [0.3, 0.4) is 0 Å². The number of nitrogens with one attached hydrogen (secondary N) is 1. The molecule has 1 N–H and O–H groups in total. The summed E-state index contributed by atoms with van der Waals surface area (Å²) in [4.78, 5) is 0. The smallest absolute Gasteiger partial charge is 0.161 e.